The van der Waals surface area contributed by atoms with Crippen LogP contribution in [0.25, 0.3) is 0 Å². The molecule has 0 saturated carbocycles. The molecule has 1 heterocycles. The molecule has 1 fully saturated rings. The average Bonchev–Trinajstić information content (AvgIpc) is 3.87. The maximum absolute atomic E-state index is 14.4. The van der Waals surface area contributed by atoms with Gasteiger partial charge in [0.1, 0.15) is 42.3 Å². The Bertz CT molecular complexity index is 2360. The van der Waals surface area contributed by atoms with Crippen LogP contribution in [0.3, 0.4) is 0 Å². The largest absolute Gasteiger partial charge is 0.481 e. The molecule has 2 aromatic rings. The summed E-state index contributed by atoms with van der Waals surface area (Å²) in [5, 5.41) is 36.6. The van der Waals surface area contributed by atoms with Gasteiger partial charge in [0, 0.05) is 32.2 Å². The van der Waals surface area contributed by atoms with Crippen LogP contribution >= 0.6 is 0 Å². The summed E-state index contributed by atoms with van der Waals surface area (Å²) in [4.78, 5) is 158. The highest BCUT2D eigenvalue weighted by molar-refractivity contribution is 5.98. The van der Waals surface area contributed by atoms with Gasteiger partial charge in [-0.1, -0.05) is 74.5 Å². The number of rotatable bonds is 33. The highest BCUT2D eigenvalue weighted by atomic mass is 16.4. The predicted molar refractivity (Wildman–Crippen MR) is 272 cm³/mol. The number of hydrogen-bond donors (Lipinski definition) is 13. The monoisotopic (exact) mass is 1060 g/mol. The topological polar surface area (TPSA) is 437 Å². The SMILES string of the molecule is CC(C)[C@H](NC(=O)[C@H](CCC(=O)O)NC(=O)[C@H](CCCCN)NC(=O)[C@H](Cc1ccccc1)NC(=O)CNC(=O)[C@@H]1CCCN1C(=O)[C@H](Cc1ccccc1)NC(=O)[C@H](CCC(N)=O)NC(=O)[C@@H](N)CC(N)=O)C(=O)O. The minimum Gasteiger partial charge on any atom is -0.481 e. The van der Waals surface area contributed by atoms with Crippen LogP contribution in [-0.2, 0) is 70.4 Å². The first-order valence-electron chi connectivity index (χ1n) is 24.9. The van der Waals surface area contributed by atoms with Crippen molar-refractivity contribution in [3.63, 3.8) is 0 Å². The Balaban J connectivity index is 1.83. The number of benzene rings is 2. The Morgan fingerprint density at radius 1 is 0.618 bits per heavy atom. The number of nitrogens with one attached hydrogen (secondary N) is 7. The Hall–Kier alpha value is -8.00. The van der Waals surface area contributed by atoms with Crippen LogP contribution in [0, 0.1) is 5.92 Å². The zero-order valence-electron chi connectivity index (χ0n) is 42.6. The second-order valence-electron chi connectivity index (χ2n) is 18.7. The summed E-state index contributed by atoms with van der Waals surface area (Å²) in [7, 11) is 0. The first kappa shape index (κ1) is 62.3. The van der Waals surface area contributed by atoms with Crippen LogP contribution in [0.1, 0.15) is 89.2 Å². The van der Waals surface area contributed by atoms with Gasteiger partial charge < -0.3 is 75.3 Å². The van der Waals surface area contributed by atoms with Gasteiger partial charge in [-0.3, -0.25) is 52.7 Å². The number of likely N-dealkylation sites (tertiary alicyclic amines) is 1. The number of carbonyl (C=O) groups excluding carboxylic acids is 10. The maximum atomic E-state index is 14.4. The third-order valence-corrected chi connectivity index (χ3v) is 12.3. The van der Waals surface area contributed by atoms with Crippen molar-refractivity contribution in [2.24, 2.45) is 28.9 Å². The maximum Gasteiger partial charge on any atom is 0.326 e. The number of primary amides is 2. The lowest BCUT2D eigenvalue weighted by molar-refractivity contribution is -0.144. The van der Waals surface area contributed by atoms with Gasteiger partial charge in [-0.05, 0) is 68.5 Å². The first-order valence-corrected chi connectivity index (χ1v) is 24.9. The minimum absolute atomic E-state index is 0.0140. The second kappa shape index (κ2) is 31.7. The molecule has 3 rings (SSSR count). The van der Waals surface area contributed by atoms with E-state index in [1.807, 2.05) is 0 Å². The fourth-order valence-corrected chi connectivity index (χ4v) is 8.17. The molecule has 76 heavy (non-hydrogen) atoms. The number of amides is 10. The van der Waals surface area contributed by atoms with Crippen LogP contribution in [0.4, 0.5) is 0 Å². The van der Waals surface area contributed by atoms with E-state index in [4.69, 9.17) is 22.9 Å². The molecule has 26 nitrogen and oxygen atoms in total. The molecule has 0 spiro atoms. The molecule has 0 bridgehead atoms. The van der Waals surface area contributed by atoms with Crippen molar-refractivity contribution in [2.75, 3.05) is 19.6 Å². The molecule has 8 atom stereocenters. The fraction of sp³-hybridized carbons (Fsp3) is 0.520. The third kappa shape index (κ3) is 21.5. The summed E-state index contributed by atoms with van der Waals surface area (Å²) >= 11 is 0. The van der Waals surface area contributed by atoms with E-state index >= 15 is 0 Å². The zero-order chi connectivity index (χ0) is 56.5. The summed E-state index contributed by atoms with van der Waals surface area (Å²) in [6, 6.07) is 6.08. The number of nitrogens with zero attached hydrogens (tertiary/aromatic N) is 1. The number of aliphatic carboxylic acids is 2. The lowest BCUT2D eigenvalue weighted by Crippen LogP contribution is -2.59. The van der Waals surface area contributed by atoms with E-state index in [0.717, 1.165) is 0 Å². The van der Waals surface area contributed by atoms with Gasteiger partial charge in [0.15, 0.2) is 0 Å². The summed E-state index contributed by atoms with van der Waals surface area (Å²) in [5.41, 5.74) is 23.2. The van der Waals surface area contributed by atoms with Gasteiger partial charge in [-0.25, -0.2) is 4.79 Å². The van der Waals surface area contributed by atoms with E-state index in [2.05, 4.69) is 37.2 Å². The minimum atomic E-state index is -1.52. The van der Waals surface area contributed by atoms with Crippen molar-refractivity contribution in [3.8, 4) is 0 Å². The Morgan fingerprint density at radius 3 is 1.63 bits per heavy atom. The molecule has 0 unspecified atom stereocenters. The highest BCUT2D eigenvalue weighted by Gasteiger charge is 2.39. The van der Waals surface area contributed by atoms with E-state index < -0.39 is 151 Å². The van der Waals surface area contributed by atoms with E-state index in [9.17, 15) is 67.7 Å². The molecule has 0 radical (unpaired) electrons. The number of carbonyl (C=O) groups is 12. The van der Waals surface area contributed by atoms with Crippen molar-refractivity contribution in [3.05, 3.63) is 71.8 Å². The van der Waals surface area contributed by atoms with Crippen LogP contribution in [-0.4, -0.2) is 154 Å². The van der Waals surface area contributed by atoms with E-state index in [-0.39, 0.29) is 51.6 Å². The van der Waals surface area contributed by atoms with E-state index in [1.54, 1.807) is 74.5 Å². The number of carboxylic acid groups (broad SMARTS) is 2. The standard InChI is InChI=1S/C50H72N12O14/c1-28(2)42(50(75)76)61-46(71)34(19-21-41(66)67)59-44(69)32(16-9-10-22-51)58-47(72)35(24-29-12-5-3-6-13-29)56-40(65)27-55-48(73)37-17-11-23-62(37)49(74)36(25-30-14-7-4-8-15-30)60-45(70)33(18-20-38(53)63)57-43(68)31(52)26-39(54)64/h3-8,12-15,28,31-37,42H,9-11,16-27,51-52H2,1-2H3,(H2,53,63)(H2,54,64)(H,55,73)(H,56,65)(H,57,68)(H,58,72)(H,59,69)(H,60,70)(H,61,71)(H,66,67)(H,75,76)/t31-,32-,33-,34-,35-,36-,37-,42-/m0/s1. The predicted octanol–water partition coefficient (Wildman–Crippen LogP) is -3.31. The molecule has 17 N–H and O–H groups in total. The van der Waals surface area contributed by atoms with Crippen LogP contribution < -0.4 is 60.2 Å². The molecule has 10 amide bonds. The quantitative estimate of drug-likeness (QED) is 0.0311. The lowest BCUT2D eigenvalue weighted by Gasteiger charge is -2.30. The second-order valence-corrected chi connectivity index (χ2v) is 18.7. The molecule has 2 aromatic carbocycles. The molecule has 0 aromatic heterocycles. The molecular weight excluding hydrogens is 993 g/mol. The molecule has 416 valence electrons. The smallest absolute Gasteiger partial charge is 0.326 e. The van der Waals surface area contributed by atoms with E-state index in [1.165, 1.54) is 4.90 Å². The van der Waals surface area contributed by atoms with Crippen LogP contribution in [0.2, 0.25) is 0 Å². The third-order valence-electron chi connectivity index (χ3n) is 12.3. The Labute approximate surface area is 439 Å². The summed E-state index contributed by atoms with van der Waals surface area (Å²) in [6.45, 7) is 2.70. The number of hydrogen-bond acceptors (Lipinski definition) is 14. The average molecular weight is 1070 g/mol. The van der Waals surface area contributed by atoms with Gasteiger partial charge in [0.25, 0.3) is 0 Å². The lowest BCUT2D eigenvalue weighted by atomic mass is 10.0. The van der Waals surface area contributed by atoms with Crippen molar-refractivity contribution in [1.29, 1.82) is 0 Å². The number of nitrogens with two attached hydrogens (primary N) is 4. The highest BCUT2D eigenvalue weighted by Crippen LogP contribution is 2.20. The van der Waals surface area contributed by atoms with Gasteiger partial charge in [-0.2, -0.15) is 0 Å². The number of carboxylic acids is 2. The molecule has 1 saturated heterocycles. The Morgan fingerprint density at radius 2 is 1.12 bits per heavy atom. The molecular formula is C50H72N12O14. The van der Waals surface area contributed by atoms with Crippen molar-refractivity contribution >= 4 is 71.0 Å². The number of unbranched alkanes of at least 4 members (excludes halogenated alkanes) is 1. The van der Waals surface area contributed by atoms with Crippen molar-refractivity contribution in [1.82, 2.24) is 42.1 Å². The van der Waals surface area contributed by atoms with Crippen molar-refractivity contribution < 1.29 is 67.7 Å². The molecule has 26 heteroatoms. The van der Waals surface area contributed by atoms with Crippen LogP contribution in [0.15, 0.2) is 60.7 Å². The van der Waals surface area contributed by atoms with Gasteiger partial charge in [0.05, 0.1) is 19.0 Å². The van der Waals surface area contributed by atoms with Crippen molar-refractivity contribution in [2.45, 2.75) is 139 Å². The Kier molecular flexibility index (Phi) is 26.0. The fourth-order valence-electron chi connectivity index (χ4n) is 8.17. The normalized spacial score (nSPS) is 15.8. The van der Waals surface area contributed by atoms with Gasteiger partial charge >= 0.3 is 11.9 Å². The summed E-state index contributed by atoms with van der Waals surface area (Å²) in [6.07, 6.45) is -1.17. The van der Waals surface area contributed by atoms with Gasteiger partial charge in [-0.15, -0.1) is 0 Å². The summed E-state index contributed by atoms with van der Waals surface area (Å²) in [5.74, 6) is -11.7. The first-order chi connectivity index (χ1) is 36.0. The summed E-state index contributed by atoms with van der Waals surface area (Å²) < 4.78 is 0. The molecule has 1 aliphatic rings. The molecule has 1 aliphatic heterocycles. The van der Waals surface area contributed by atoms with E-state index in [0.29, 0.717) is 30.4 Å². The van der Waals surface area contributed by atoms with Gasteiger partial charge in [0.2, 0.25) is 59.1 Å². The molecule has 0 aliphatic carbocycles. The van der Waals surface area contributed by atoms with Crippen LogP contribution in [0.5, 0.6) is 0 Å². The zero-order valence-corrected chi connectivity index (χ0v) is 42.6.